The number of piperazine rings is 1. The maximum atomic E-state index is 12.4. The number of ether oxygens (including phenoxy) is 1. The van der Waals surface area contributed by atoms with Crippen LogP contribution in [-0.4, -0.2) is 50.2 Å². The highest BCUT2D eigenvalue weighted by atomic mass is 16.5. The van der Waals surface area contributed by atoms with E-state index in [0.717, 1.165) is 18.8 Å². The van der Waals surface area contributed by atoms with Gasteiger partial charge in [0.25, 0.3) is 0 Å². The first-order chi connectivity index (χ1) is 13.1. The van der Waals surface area contributed by atoms with E-state index in [-0.39, 0.29) is 6.03 Å². The molecule has 138 valence electrons. The smallest absolute Gasteiger partial charge is 0.337 e. The van der Waals surface area contributed by atoms with E-state index in [9.17, 15) is 9.59 Å². The number of urea groups is 1. The zero-order valence-electron chi connectivity index (χ0n) is 15.0. The lowest BCUT2D eigenvalue weighted by Gasteiger charge is -2.36. The molecule has 0 saturated carbocycles. The highest BCUT2D eigenvalue weighted by molar-refractivity contribution is 5.92. The Morgan fingerprint density at radius 3 is 2.19 bits per heavy atom. The Balaban J connectivity index is 1.53. The molecule has 2 aromatic carbocycles. The molecule has 1 saturated heterocycles. The van der Waals surface area contributed by atoms with Crippen LogP contribution in [0.3, 0.4) is 0 Å². The van der Waals surface area contributed by atoms with Gasteiger partial charge >= 0.3 is 12.0 Å². The number of rotatable bonds is 3. The van der Waals surface area contributed by atoms with Crippen molar-refractivity contribution in [2.75, 3.05) is 43.5 Å². The van der Waals surface area contributed by atoms with Crippen molar-refractivity contribution in [1.29, 1.82) is 5.26 Å². The van der Waals surface area contributed by atoms with E-state index in [1.54, 1.807) is 41.3 Å². The van der Waals surface area contributed by atoms with Crippen molar-refractivity contribution < 1.29 is 14.3 Å². The third-order valence-electron chi connectivity index (χ3n) is 4.49. The second-order valence-electron chi connectivity index (χ2n) is 6.13. The topological polar surface area (TPSA) is 85.7 Å². The van der Waals surface area contributed by atoms with Crippen LogP contribution in [0.15, 0.2) is 48.5 Å². The van der Waals surface area contributed by atoms with Crippen molar-refractivity contribution in [3.05, 3.63) is 59.7 Å². The summed E-state index contributed by atoms with van der Waals surface area (Å²) in [5.41, 5.74) is 2.75. The molecule has 0 unspecified atom stereocenters. The van der Waals surface area contributed by atoms with Gasteiger partial charge in [-0.05, 0) is 48.5 Å². The van der Waals surface area contributed by atoms with Crippen LogP contribution < -0.4 is 10.2 Å². The molecule has 0 atom stereocenters. The fourth-order valence-electron chi connectivity index (χ4n) is 2.92. The Morgan fingerprint density at radius 2 is 1.63 bits per heavy atom. The first kappa shape index (κ1) is 18.3. The molecule has 0 radical (unpaired) electrons. The SMILES string of the molecule is COC(=O)c1ccc(NC(=O)N2CCN(c3ccc(C#N)cc3)CC2)cc1. The van der Waals surface area contributed by atoms with Crippen LogP contribution in [0.5, 0.6) is 0 Å². The summed E-state index contributed by atoms with van der Waals surface area (Å²) in [6.07, 6.45) is 0. The summed E-state index contributed by atoms with van der Waals surface area (Å²) in [5.74, 6) is -0.410. The van der Waals surface area contributed by atoms with Crippen LogP contribution in [-0.2, 0) is 4.74 Å². The van der Waals surface area contributed by atoms with E-state index < -0.39 is 5.97 Å². The van der Waals surface area contributed by atoms with Crippen molar-refractivity contribution in [1.82, 2.24) is 4.90 Å². The normalized spacial score (nSPS) is 13.6. The van der Waals surface area contributed by atoms with Gasteiger partial charge in [-0.2, -0.15) is 5.26 Å². The lowest BCUT2D eigenvalue weighted by Crippen LogP contribution is -2.50. The van der Waals surface area contributed by atoms with Crippen LogP contribution in [0.2, 0.25) is 0 Å². The van der Waals surface area contributed by atoms with E-state index in [4.69, 9.17) is 5.26 Å². The molecule has 2 aromatic rings. The highest BCUT2D eigenvalue weighted by Crippen LogP contribution is 2.18. The summed E-state index contributed by atoms with van der Waals surface area (Å²) in [4.78, 5) is 27.8. The quantitative estimate of drug-likeness (QED) is 0.847. The van der Waals surface area contributed by atoms with E-state index in [2.05, 4.69) is 21.0 Å². The molecular formula is C20H20N4O3. The largest absolute Gasteiger partial charge is 0.465 e. The average Bonchev–Trinajstić information content (AvgIpc) is 2.74. The number of anilines is 2. The number of esters is 1. The van der Waals surface area contributed by atoms with E-state index >= 15 is 0 Å². The summed E-state index contributed by atoms with van der Waals surface area (Å²) in [6.45, 7) is 2.65. The van der Waals surface area contributed by atoms with Crippen molar-refractivity contribution in [2.24, 2.45) is 0 Å². The van der Waals surface area contributed by atoms with Crippen molar-refractivity contribution in [2.45, 2.75) is 0 Å². The summed E-state index contributed by atoms with van der Waals surface area (Å²) in [7, 11) is 1.33. The number of nitrogens with one attached hydrogen (secondary N) is 1. The molecule has 1 aliphatic heterocycles. The Bertz CT molecular complexity index is 848. The minimum absolute atomic E-state index is 0.166. The molecular weight excluding hydrogens is 344 g/mol. The number of amides is 2. The van der Waals surface area contributed by atoms with Gasteiger partial charge in [0.05, 0.1) is 24.3 Å². The molecule has 0 aromatic heterocycles. The number of nitrogens with zero attached hydrogens (tertiary/aromatic N) is 3. The molecule has 2 amide bonds. The predicted molar refractivity (Wildman–Crippen MR) is 102 cm³/mol. The summed E-state index contributed by atoms with van der Waals surface area (Å²) in [5, 5.41) is 11.7. The molecule has 7 nitrogen and oxygen atoms in total. The van der Waals surface area contributed by atoms with Gasteiger partial charge in [0, 0.05) is 37.6 Å². The van der Waals surface area contributed by atoms with Gasteiger partial charge in [0.2, 0.25) is 0 Å². The zero-order valence-corrected chi connectivity index (χ0v) is 15.0. The highest BCUT2D eigenvalue weighted by Gasteiger charge is 2.21. The van der Waals surface area contributed by atoms with Crippen molar-refractivity contribution in [3.8, 4) is 6.07 Å². The zero-order chi connectivity index (χ0) is 19.2. The average molecular weight is 364 g/mol. The molecule has 1 N–H and O–H groups in total. The third-order valence-corrected chi connectivity index (χ3v) is 4.49. The van der Waals surface area contributed by atoms with Gasteiger partial charge in [0.1, 0.15) is 0 Å². The fraction of sp³-hybridized carbons (Fsp3) is 0.250. The van der Waals surface area contributed by atoms with Gasteiger partial charge in [-0.25, -0.2) is 9.59 Å². The second kappa shape index (κ2) is 8.23. The summed E-state index contributed by atoms with van der Waals surface area (Å²) >= 11 is 0. The van der Waals surface area contributed by atoms with Crippen LogP contribution in [0.1, 0.15) is 15.9 Å². The number of hydrogen-bond acceptors (Lipinski definition) is 5. The maximum absolute atomic E-state index is 12.4. The van der Waals surface area contributed by atoms with Crippen LogP contribution in [0, 0.1) is 11.3 Å². The van der Waals surface area contributed by atoms with E-state index in [1.165, 1.54) is 7.11 Å². The predicted octanol–water partition coefficient (Wildman–Crippen LogP) is 2.70. The molecule has 0 aliphatic carbocycles. The number of methoxy groups -OCH3 is 1. The lowest BCUT2D eigenvalue weighted by molar-refractivity contribution is 0.0600. The maximum Gasteiger partial charge on any atom is 0.337 e. The molecule has 27 heavy (non-hydrogen) atoms. The first-order valence-corrected chi connectivity index (χ1v) is 8.60. The standard InChI is InChI=1S/C20H20N4O3/c1-27-19(25)16-4-6-17(7-5-16)22-20(26)24-12-10-23(11-13-24)18-8-2-15(14-21)3-9-18/h2-9H,10-13H2,1H3,(H,22,26). The molecule has 3 rings (SSSR count). The second-order valence-corrected chi connectivity index (χ2v) is 6.13. The minimum Gasteiger partial charge on any atom is -0.465 e. The number of carbonyl (C=O) groups excluding carboxylic acids is 2. The Hall–Kier alpha value is -3.53. The van der Waals surface area contributed by atoms with Gasteiger partial charge < -0.3 is 19.9 Å². The van der Waals surface area contributed by atoms with Gasteiger partial charge in [0.15, 0.2) is 0 Å². The van der Waals surface area contributed by atoms with Crippen molar-refractivity contribution in [3.63, 3.8) is 0 Å². The molecule has 0 bridgehead atoms. The number of benzene rings is 2. The molecule has 1 fully saturated rings. The van der Waals surface area contributed by atoms with Gasteiger partial charge in [-0.1, -0.05) is 0 Å². The fourth-order valence-corrected chi connectivity index (χ4v) is 2.92. The summed E-state index contributed by atoms with van der Waals surface area (Å²) in [6, 6.07) is 16.0. The number of nitriles is 1. The van der Waals surface area contributed by atoms with E-state index in [1.807, 2.05) is 12.1 Å². The van der Waals surface area contributed by atoms with Crippen LogP contribution in [0.4, 0.5) is 16.2 Å². The lowest BCUT2D eigenvalue weighted by atomic mass is 10.2. The van der Waals surface area contributed by atoms with Crippen molar-refractivity contribution >= 4 is 23.4 Å². The Morgan fingerprint density at radius 1 is 1.00 bits per heavy atom. The Labute approximate surface area is 157 Å². The molecule has 0 spiro atoms. The van der Waals surface area contributed by atoms with E-state index in [0.29, 0.717) is 29.9 Å². The first-order valence-electron chi connectivity index (χ1n) is 8.60. The molecule has 1 aliphatic rings. The van der Waals surface area contributed by atoms with Gasteiger partial charge in [-0.15, -0.1) is 0 Å². The number of hydrogen-bond donors (Lipinski definition) is 1. The molecule has 1 heterocycles. The summed E-state index contributed by atoms with van der Waals surface area (Å²) < 4.78 is 4.66. The van der Waals surface area contributed by atoms with Gasteiger partial charge in [-0.3, -0.25) is 0 Å². The van der Waals surface area contributed by atoms with Crippen LogP contribution >= 0.6 is 0 Å². The third kappa shape index (κ3) is 4.36. The van der Waals surface area contributed by atoms with Crippen LogP contribution in [0.25, 0.3) is 0 Å². The Kier molecular flexibility index (Phi) is 5.57. The number of carbonyl (C=O) groups is 2. The molecule has 7 heteroatoms. The minimum atomic E-state index is -0.410. The monoisotopic (exact) mass is 364 g/mol.